The van der Waals surface area contributed by atoms with E-state index in [0.717, 1.165) is 35.5 Å². The van der Waals surface area contributed by atoms with E-state index < -0.39 is 0 Å². The Balaban J connectivity index is 0.000000559. The highest BCUT2D eigenvalue weighted by atomic mass is 19.1. The SMILES string of the molecule is CCC.CCOCC.Cc1ccccc1-c1cc(C)c(C)c(F)c1. The first kappa shape index (κ1) is 22.3. The van der Waals surface area contributed by atoms with Crippen LogP contribution in [0, 0.1) is 26.6 Å². The monoisotopic (exact) mass is 332 g/mol. The lowest BCUT2D eigenvalue weighted by Gasteiger charge is -2.09. The highest BCUT2D eigenvalue weighted by Crippen LogP contribution is 2.26. The molecule has 0 spiro atoms. The summed E-state index contributed by atoms with van der Waals surface area (Å²) in [6.45, 7) is 15.7. The van der Waals surface area contributed by atoms with Crippen molar-refractivity contribution in [2.75, 3.05) is 13.2 Å². The number of hydrogen-bond donors (Lipinski definition) is 0. The van der Waals surface area contributed by atoms with Crippen molar-refractivity contribution < 1.29 is 9.13 Å². The number of aryl methyl sites for hydroxylation is 2. The average molecular weight is 333 g/mol. The molecule has 0 saturated carbocycles. The summed E-state index contributed by atoms with van der Waals surface area (Å²) >= 11 is 0. The van der Waals surface area contributed by atoms with E-state index in [1.807, 2.05) is 65.0 Å². The van der Waals surface area contributed by atoms with Crippen molar-refractivity contribution in [2.24, 2.45) is 0 Å². The maximum Gasteiger partial charge on any atom is 0.126 e. The molecule has 24 heavy (non-hydrogen) atoms. The van der Waals surface area contributed by atoms with Crippen LogP contribution >= 0.6 is 0 Å². The molecule has 0 radical (unpaired) electrons. The summed E-state index contributed by atoms with van der Waals surface area (Å²) in [7, 11) is 0. The maximum atomic E-state index is 13.7. The van der Waals surface area contributed by atoms with Gasteiger partial charge < -0.3 is 4.74 Å². The number of hydrogen-bond acceptors (Lipinski definition) is 1. The predicted octanol–water partition coefficient (Wildman–Crippen LogP) is 6.88. The van der Waals surface area contributed by atoms with Crippen molar-refractivity contribution in [3.8, 4) is 11.1 Å². The number of benzene rings is 2. The van der Waals surface area contributed by atoms with E-state index in [4.69, 9.17) is 4.74 Å². The van der Waals surface area contributed by atoms with Crippen molar-refractivity contribution in [1.82, 2.24) is 0 Å². The van der Waals surface area contributed by atoms with Gasteiger partial charge in [-0.15, -0.1) is 0 Å². The third kappa shape index (κ3) is 7.74. The van der Waals surface area contributed by atoms with Crippen LogP contribution in [0.3, 0.4) is 0 Å². The Hall–Kier alpha value is -1.67. The summed E-state index contributed by atoms with van der Waals surface area (Å²) in [5, 5.41) is 0. The van der Waals surface area contributed by atoms with Crippen molar-refractivity contribution in [2.45, 2.75) is 54.9 Å². The van der Waals surface area contributed by atoms with Crippen LogP contribution in [0.4, 0.5) is 4.39 Å². The summed E-state index contributed by atoms with van der Waals surface area (Å²) < 4.78 is 18.5. The zero-order valence-electron chi connectivity index (χ0n) is 16.4. The third-order valence-electron chi connectivity index (χ3n) is 3.47. The minimum absolute atomic E-state index is 0.127. The molecule has 0 N–H and O–H groups in total. The molecule has 0 aliphatic rings. The van der Waals surface area contributed by atoms with Gasteiger partial charge in [0.2, 0.25) is 0 Å². The quantitative estimate of drug-likeness (QED) is 0.595. The average Bonchev–Trinajstić information content (AvgIpc) is 2.55. The molecule has 0 fully saturated rings. The van der Waals surface area contributed by atoms with Crippen LogP contribution in [0.2, 0.25) is 0 Å². The Labute approximate surface area is 147 Å². The van der Waals surface area contributed by atoms with E-state index in [1.54, 1.807) is 6.07 Å². The summed E-state index contributed by atoms with van der Waals surface area (Å²) in [6, 6.07) is 11.7. The van der Waals surface area contributed by atoms with Crippen molar-refractivity contribution >= 4 is 0 Å². The fraction of sp³-hybridized carbons (Fsp3) is 0.455. The van der Waals surface area contributed by atoms with Gasteiger partial charge in [0.05, 0.1) is 0 Å². The molecule has 0 heterocycles. The molecule has 0 atom stereocenters. The van der Waals surface area contributed by atoms with E-state index in [2.05, 4.69) is 13.8 Å². The first-order chi connectivity index (χ1) is 11.4. The normalized spacial score (nSPS) is 9.50. The minimum Gasteiger partial charge on any atom is -0.382 e. The van der Waals surface area contributed by atoms with Crippen LogP contribution in [0.1, 0.15) is 50.8 Å². The molecule has 2 aromatic rings. The van der Waals surface area contributed by atoms with E-state index in [1.165, 1.54) is 12.0 Å². The van der Waals surface area contributed by atoms with Crippen LogP contribution in [0.5, 0.6) is 0 Å². The van der Waals surface area contributed by atoms with Gasteiger partial charge in [0.15, 0.2) is 0 Å². The van der Waals surface area contributed by atoms with Crippen LogP contribution in [0.25, 0.3) is 11.1 Å². The zero-order valence-corrected chi connectivity index (χ0v) is 16.4. The van der Waals surface area contributed by atoms with Gasteiger partial charge in [-0.25, -0.2) is 4.39 Å². The molecule has 2 heteroatoms. The van der Waals surface area contributed by atoms with E-state index in [9.17, 15) is 4.39 Å². The van der Waals surface area contributed by atoms with Gasteiger partial charge in [-0.1, -0.05) is 50.6 Å². The van der Waals surface area contributed by atoms with Crippen LogP contribution < -0.4 is 0 Å². The standard InChI is InChI=1S/C15H15F.C4H10O.C3H8/c1-10-6-4-5-7-14(10)13-8-11(2)12(3)15(16)9-13;1-3-5-4-2;1-3-2/h4-9H,1-3H3;3-4H2,1-2H3;3H2,1-2H3. The highest BCUT2D eigenvalue weighted by Gasteiger charge is 2.06. The maximum absolute atomic E-state index is 13.7. The lowest BCUT2D eigenvalue weighted by atomic mass is 9.97. The Morgan fingerprint density at radius 1 is 0.833 bits per heavy atom. The number of rotatable bonds is 3. The largest absolute Gasteiger partial charge is 0.382 e. The predicted molar refractivity (Wildman–Crippen MR) is 104 cm³/mol. The molecular weight excluding hydrogens is 299 g/mol. The molecule has 1 nitrogen and oxygen atoms in total. The second-order valence-electron chi connectivity index (χ2n) is 5.70. The lowest BCUT2D eigenvalue weighted by Crippen LogP contribution is -1.90. The Kier molecular flexibility index (Phi) is 11.8. The molecule has 0 aliphatic heterocycles. The smallest absolute Gasteiger partial charge is 0.126 e. The molecular formula is C22H33FO. The second kappa shape index (κ2) is 12.7. The van der Waals surface area contributed by atoms with Crippen LogP contribution in [-0.2, 0) is 4.74 Å². The third-order valence-corrected chi connectivity index (χ3v) is 3.47. The molecule has 0 aromatic heterocycles. The molecule has 2 rings (SSSR count). The van der Waals surface area contributed by atoms with E-state index >= 15 is 0 Å². The van der Waals surface area contributed by atoms with Crippen molar-refractivity contribution in [3.05, 3.63) is 58.9 Å². The Morgan fingerprint density at radius 2 is 1.38 bits per heavy atom. The molecule has 0 aliphatic carbocycles. The van der Waals surface area contributed by atoms with Crippen LogP contribution in [-0.4, -0.2) is 13.2 Å². The fourth-order valence-electron chi connectivity index (χ4n) is 2.07. The number of ether oxygens (including phenoxy) is 1. The molecule has 0 amide bonds. The summed E-state index contributed by atoms with van der Waals surface area (Å²) in [5.41, 5.74) is 4.96. The Morgan fingerprint density at radius 3 is 1.79 bits per heavy atom. The highest BCUT2D eigenvalue weighted by molar-refractivity contribution is 5.68. The van der Waals surface area contributed by atoms with E-state index in [-0.39, 0.29) is 5.82 Å². The molecule has 0 saturated heterocycles. The topological polar surface area (TPSA) is 9.23 Å². The second-order valence-corrected chi connectivity index (χ2v) is 5.70. The van der Waals surface area contributed by atoms with E-state index in [0.29, 0.717) is 0 Å². The van der Waals surface area contributed by atoms with Gasteiger partial charge in [0, 0.05) is 13.2 Å². The van der Waals surface area contributed by atoms with Crippen LogP contribution in [0.15, 0.2) is 36.4 Å². The first-order valence-corrected chi connectivity index (χ1v) is 8.83. The number of halogens is 1. The summed E-state index contributed by atoms with van der Waals surface area (Å²) in [5.74, 6) is -0.127. The fourth-order valence-corrected chi connectivity index (χ4v) is 2.07. The van der Waals surface area contributed by atoms with Gasteiger partial charge in [-0.3, -0.25) is 0 Å². The van der Waals surface area contributed by atoms with Gasteiger partial charge >= 0.3 is 0 Å². The lowest BCUT2D eigenvalue weighted by molar-refractivity contribution is 0.162. The van der Waals surface area contributed by atoms with Gasteiger partial charge in [0.1, 0.15) is 5.82 Å². The molecule has 0 unspecified atom stereocenters. The van der Waals surface area contributed by atoms with Gasteiger partial charge in [0.25, 0.3) is 0 Å². The molecule has 2 aromatic carbocycles. The molecule has 134 valence electrons. The minimum atomic E-state index is -0.127. The van der Waals surface area contributed by atoms with Gasteiger partial charge in [-0.2, -0.15) is 0 Å². The summed E-state index contributed by atoms with van der Waals surface area (Å²) in [4.78, 5) is 0. The molecule has 0 bridgehead atoms. The zero-order chi connectivity index (χ0) is 18.5. The summed E-state index contributed by atoms with van der Waals surface area (Å²) in [6.07, 6.45) is 1.25. The van der Waals surface area contributed by atoms with Crippen molar-refractivity contribution in [1.29, 1.82) is 0 Å². The first-order valence-electron chi connectivity index (χ1n) is 8.83. The van der Waals surface area contributed by atoms with Gasteiger partial charge in [-0.05, 0) is 68.5 Å². The van der Waals surface area contributed by atoms with Crippen molar-refractivity contribution in [3.63, 3.8) is 0 Å². The Bertz CT molecular complexity index is 565.